The minimum absolute atomic E-state index is 0.179. The summed E-state index contributed by atoms with van der Waals surface area (Å²) in [5.41, 5.74) is 0.299. The molecule has 1 aromatic carbocycles. The summed E-state index contributed by atoms with van der Waals surface area (Å²) in [6.07, 6.45) is -2.37. The van der Waals surface area contributed by atoms with Gasteiger partial charge in [-0.2, -0.15) is 22.5 Å². The molecule has 170 valence electrons. The number of nitrogens with zero attached hydrogens (tertiary/aromatic N) is 4. The van der Waals surface area contributed by atoms with E-state index in [0.717, 1.165) is 36.3 Å². The van der Waals surface area contributed by atoms with E-state index in [4.69, 9.17) is 4.52 Å². The second-order valence-corrected chi connectivity index (χ2v) is 10.9. The quantitative estimate of drug-likeness (QED) is 0.540. The zero-order chi connectivity index (χ0) is 22.5. The van der Waals surface area contributed by atoms with Crippen LogP contribution in [0.25, 0.3) is 11.4 Å². The Morgan fingerprint density at radius 3 is 2.53 bits per heavy atom. The minimum atomic E-state index is -4.42. The zero-order valence-corrected chi connectivity index (χ0v) is 18.4. The molecule has 2 aromatic heterocycles. The van der Waals surface area contributed by atoms with E-state index in [2.05, 4.69) is 10.1 Å². The van der Waals surface area contributed by atoms with Gasteiger partial charge in [-0.25, -0.2) is 8.42 Å². The highest BCUT2D eigenvalue weighted by atomic mass is 32.2. The largest absolute Gasteiger partial charge is 0.416 e. The van der Waals surface area contributed by atoms with Crippen LogP contribution < -0.4 is 4.90 Å². The summed E-state index contributed by atoms with van der Waals surface area (Å²) in [6.45, 7) is 0.961. The van der Waals surface area contributed by atoms with Crippen LogP contribution in [-0.4, -0.2) is 49.0 Å². The molecule has 0 spiro atoms. The van der Waals surface area contributed by atoms with Crippen molar-refractivity contribution in [2.45, 2.75) is 29.1 Å². The molecule has 0 unspecified atom stereocenters. The summed E-state index contributed by atoms with van der Waals surface area (Å²) in [4.78, 5) is 6.12. The lowest BCUT2D eigenvalue weighted by Crippen LogP contribution is -2.48. The Morgan fingerprint density at radius 2 is 1.84 bits per heavy atom. The Labute approximate surface area is 186 Å². The van der Waals surface area contributed by atoms with Gasteiger partial charge in [0, 0.05) is 48.7 Å². The molecule has 1 saturated carbocycles. The highest BCUT2D eigenvalue weighted by molar-refractivity contribution is 7.91. The molecule has 1 saturated heterocycles. The molecule has 1 aliphatic heterocycles. The fraction of sp³-hybridized carbons (Fsp3) is 0.400. The highest BCUT2D eigenvalue weighted by Crippen LogP contribution is 2.40. The number of anilines is 1. The average Bonchev–Trinajstić information content (AvgIpc) is 3.29. The second-order valence-electron chi connectivity index (χ2n) is 7.82. The summed E-state index contributed by atoms with van der Waals surface area (Å²) >= 11 is 1.09. The maximum atomic E-state index is 13.1. The molecule has 12 heteroatoms. The molecule has 0 bridgehead atoms. The molecular weight excluding hydrogens is 465 g/mol. The Bertz CT molecular complexity index is 1230. The van der Waals surface area contributed by atoms with Crippen LogP contribution >= 0.6 is 11.3 Å². The first-order valence-electron chi connectivity index (χ1n) is 10.1. The van der Waals surface area contributed by atoms with Crippen molar-refractivity contribution in [3.63, 3.8) is 0 Å². The normalized spacial score (nSPS) is 18.3. The maximum absolute atomic E-state index is 13.1. The Kier molecular flexibility index (Phi) is 5.25. The van der Waals surface area contributed by atoms with Crippen LogP contribution in [0.5, 0.6) is 0 Å². The van der Waals surface area contributed by atoms with Crippen molar-refractivity contribution in [2.24, 2.45) is 0 Å². The number of alkyl halides is 3. The third kappa shape index (κ3) is 4.14. The number of rotatable bonds is 5. The molecule has 2 aliphatic rings. The lowest BCUT2D eigenvalue weighted by Gasteiger charge is -2.35. The van der Waals surface area contributed by atoms with Crippen LogP contribution in [-0.2, 0) is 16.2 Å². The predicted octanol–water partition coefficient (Wildman–Crippen LogP) is 4.21. The second kappa shape index (κ2) is 7.85. The Morgan fingerprint density at radius 1 is 1.09 bits per heavy atom. The molecule has 2 fully saturated rings. The Hall–Kier alpha value is -2.44. The highest BCUT2D eigenvalue weighted by Gasteiger charge is 2.33. The molecule has 32 heavy (non-hydrogen) atoms. The molecule has 3 aromatic rings. The summed E-state index contributed by atoms with van der Waals surface area (Å²) in [5.74, 6) is 1.27. The van der Waals surface area contributed by atoms with Gasteiger partial charge in [-0.15, -0.1) is 11.3 Å². The van der Waals surface area contributed by atoms with Crippen LogP contribution in [0.1, 0.15) is 30.2 Å². The van der Waals surface area contributed by atoms with Gasteiger partial charge in [-0.05, 0) is 37.1 Å². The first kappa shape index (κ1) is 21.4. The Balaban J connectivity index is 1.27. The van der Waals surface area contributed by atoms with E-state index < -0.39 is 21.8 Å². The molecule has 0 radical (unpaired) electrons. The van der Waals surface area contributed by atoms with Crippen molar-refractivity contribution >= 4 is 27.0 Å². The van der Waals surface area contributed by atoms with Crippen LogP contribution in [0.15, 0.2) is 44.4 Å². The lowest BCUT2D eigenvalue weighted by molar-refractivity contribution is -0.137. The molecule has 0 amide bonds. The van der Waals surface area contributed by atoms with Gasteiger partial charge in [0.1, 0.15) is 4.21 Å². The van der Waals surface area contributed by atoms with Crippen LogP contribution in [0, 0.1) is 0 Å². The number of hydrogen-bond donors (Lipinski definition) is 0. The van der Waals surface area contributed by atoms with Gasteiger partial charge in [0.15, 0.2) is 0 Å². The van der Waals surface area contributed by atoms with Gasteiger partial charge >= 0.3 is 6.18 Å². The topological polar surface area (TPSA) is 79.5 Å². The number of thiophene rings is 1. The molecule has 1 aliphatic carbocycles. The summed E-state index contributed by atoms with van der Waals surface area (Å²) < 4.78 is 71.9. The SMILES string of the molecule is O=S(=O)(c1cc(-c2noc(C3CC3)n2)cs1)N1CCN(c2cccc(C(F)(F)F)c2)CC1. The fourth-order valence-electron chi connectivity index (χ4n) is 3.61. The fourth-order valence-corrected chi connectivity index (χ4v) is 6.34. The van der Waals surface area contributed by atoms with E-state index in [1.807, 2.05) is 0 Å². The third-order valence-corrected chi connectivity index (χ3v) is 8.89. The minimum Gasteiger partial charge on any atom is -0.369 e. The molecule has 0 N–H and O–H groups in total. The summed E-state index contributed by atoms with van der Waals surface area (Å²) in [5, 5.41) is 5.64. The molecule has 7 nitrogen and oxygen atoms in total. The van der Waals surface area contributed by atoms with E-state index in [-0.39, 0.29) is 17.3 Å². The van der Waals surface area contributed by atoms with Crippen molar-refractivity contribution in [3.05, 3.63) is 47.2 Å². The van der Waals surface area contributed by atoms with Crippen molar-refractivity contribution in [3.8, 4) is 11.4 Å². The van der Waals surface area contributed by atoms with Gasteiger partial charge in [-0.3, -0.25) is 0 Å². The standard InChI is InChI=1S/C20H19F3N4O3S2/c21-20(22,23)15-2-1-3-16(11-15)26-6-8-27(9-7-26)32(28,29)17-10-14(12-31-17)18-24-19(30-25-18)13-4-5-13/h1-3,10-13H,4-9H2. The van der Waals surface area contributed by atoms with E-state index in [9.17, 15) is 21.6 Å². The van der Waals surface area contributed by atoms with Crippen LogP contribution in [0.4, 0.5) is 18.9 Å². The number of hydrogen-bond acceptors (Lipinski definition) is 7. The number of piperazine rings is 1. The van der Waals surface area contributed by atoms with E-state index in [1.54, 1.807) is 22.4 Å². The lowest BCUT2D eigenvalue weighted by atomic mass is 10.1. The van der Waals surface area contributed by atoms with E-state index in [0.29, 0.717) is 42.0 Å². The van der Waals surface area contributed by atoms with Gasteiger partial charge in [-0.1, -0.05) is 11.2 Å². The zero-order valence-electron chi connectivity index (χ0n) is 16.7. The maximum Gasteiger partial charge on any atom is 0.416 e. The number of aromatic nitrogens is 2. The molecule has 0 atom stereocenters. The smallest absolute Gasteiger partial charge is 0.369 e. The van der Waals surface area contributed by atoms with Gasteiger partial charge in [0.05, 0.1) is 5.56 Å². The third-order valence-electron chi connectivity index (χ3n) is 5.57. The van der Waals surface area contributed by atoms with E-state index >= 15 is 0 Å². The van der Waals surface area contributed by atoms with Crippen molar-refractivity contribution in [1.29, 1.82) is 0 Å². The summed E-state index contributed by atoms with van der Waals surface area (Å²) in [7, 11) is -3.72. The summed E-state index contributed by atoms with van der Waals surface area (Å²) in [6, 6.07) is 6.62. The van der Waals surface area contributed by atoms with Gasteiger partial charge in [0.2, 0.25) is 11.7 Å². The van der Waals surface area contributed by atoms with Crippen molar-refractivity contribution in [2.75, 3.05) is 31.1 Å². The first-order valence-corrected chi connectivity index (χ1v) is 12.4. The van der Waals surface area contributed by atoms with Crippen LogP contribution in [0.2, 0.25) is 0 Å². The van der Waals surface area contributed by atoms with Crippen LogP contribution in [0.3, 0.4) is 0 Å². The van der Waals surface area contributed by atoms with Crippen molar-refractivity contribution in [1.82, 2.24) is 14.4 Å². The number of halogens is 3. The van der Waals surface area contributed by atoms with Gasteiger partial charge < -0.3 is 9.42 Å². The molecule has 5 rings (SSSR count). The average molecular weight is 485 g/mol. The van der Waals surface area contributed by atoms with E-state index in [1.165, 1.54) is 10.4 Å². The number of benzene rings is 1. The van der Waals surface area contributed by atoms with Crippen molar-refractivity contribution < 1.29 is 26.1 Å². The monoisotopic (exact) mass is 484 g/mol. The van der Waals surface area contributed by atoms with Gasteiger partial charge in [0.25, 0.3) is 10.0 Å². The number of sulfonamides is 1. The molecule has 3 heterocycles. The molecular formula is C20H19F3N4O3S2. The first-order chi connectivity index (χ1) is 15.2. The predicted molar refractivity (Wildman–Crippen MR) is 112 cm³/mol.